The van der Waals surface area contributed by atoms with Crippen molar-refractivity contribution in [2.75, 3.05) is 0 Å². The summed E-state index contributed by atoms with van der Waals surface area (Å²) in [6.07, 6.45) is 0. The van der Waals surface area contributed by atoms with Crippen molar-refractivity contribution in [1.82, 2.24) is 5.32 Å². The molecule has 0 aromatic carbocycles. The van der Waals surface area contributed by atoms with Gasteiger partial charge < -0.3 is 14.8 Å². The van der Waals surface area contributed by atoms with Gasteiger partial charge in [0, 0.05) is 6.54 Å². The fourth-order valence-corrected chi connectivity index (χ4v) is 2.24. The summed E-state index contributed by atoms with van der Waals surface area (Å²) < 4.78 is 5.35. The lowest BCUT2D eigenvalue weighted by Gasteiger charge is -1.99. The summed E-state index contributed by atoms with van der Waals surface area (Å²) >= 11 is 1.66. The van der Waals surface area contributed by atoms with Crippen molar-refractivity contribution in [3.8, 4) is 0 Å². The predicted molar refractivity (Wildman–Crippen MR) is 65.3 cm³/mol. The molecule has 0 atom stereocenters. The van der Waals surface area contributed by atoms with Crippen LogP contribution in [0.4, 0.5) is 0 Å². The molecule has 0 aliphatic heterocycles. The van der Waals surface area contributed by atoms with Gasteiger partial charge in [0.05, 0.1) is 6.54 Å². The summed E-state index contributed by atoms with van der Waals surface area (Å²) in [6.45, 7) is 2.95. The molecule has 0 unspecified atom stereocenters. The van der Waals surface area contributed by atoms with Crippen LogP contribution in [0.15, 0.2) is 27.3 Å². The van der Waals surface area contributed by atoms with Crippen LogP contribution in [0.2, 0.25) is 0 Å². The van der Waals surface area contributed by atoms with Gasteiger partial charge >= 0.3 is 5.97 Å². The number of aryl methyl sites for hydroxylation is 1. The number of thiophene rings is 1. The highest BCUT2D eigenvalue weighted by Gasteiger charge is 2.13. The Morgan fingerprint density at radius 2 is 2.35 bits per heavy atom. The van der Waals surface area contributed by atoms with E-state index in [1.165, 1.54) is 5.56 Å². The molecule has 0 fully saturated rings. The molecule has 2 aromatic heterocycles. The molecule has 0 aliphatic rings. The molecule has 2 heterocycles. The van der Waals surface area contributed by atoms with E-state index in [1.807, 2.05) is 11.4 Å². The van der Waals surface area contributed by atoms with Gasteiger partial charge in [0.2, 0.25) is 0 Å². The number of carboxylic acid groups (broad SMARTS) is 1. The lowest BCUT2D eigenvalue weighted by molar-refractivity contribution is 0.0695. The molecule has 0 aliphatic carbocycles. The average Bonchev–Trinajstić information content (AvgIpc) is 2.88. The van der Waals surface area contributed by atoms with E-state index in [0.29, 0.717) is 18.1 Å². The second-order valence-corrected chi connectivity index (χ2v) is 4.50. The molecule has 0 saturated carbocycles. The minimum atomic E-state index is -0.949. The van der Waals surface area contributed by atoms with E-state index in [0.717, 1.165) is 6.54 Å². The Bertz CT molecular complexity index is 502. The van der Waals surface area contributed by atoms with Crippen molar-refractivity contribution in [2.24, 2.45) is 0 Å². The number of rotatable bonds is 5. The molecule has 0 radical (unpaired) electrons. The molecule has 0 saturated heterocycles. The SMILES string of the molecule is Cc1oc(CNCc2ccsc2)cc1C(=O)O. The molecule has 5 heteroatoms. The monoisotopic (exact) mass is 251 g/mol. The van der Waals surface area contributed by atoms with Crippen LogP contribution in [0.5, 0.6) is 0 Å². The van der Waals surface area contributed by atoms with Crippen molar-refractivity contribution < 1.29 is 14.3 Å². The van der Waals surface area contributed by atoms with Gasteiger partial charge in [-0.2, -0.15) is 11.3 Å². The molecule has 2 N–H and O–H groups in total. The summed E-state index contributed by atoms with van der Waals surface area (Å²) in [5.41, 5.74) is 1.45. The molecule has 2 aromatic rings. The second kappa shape index (κ2) is 5.16. The normalized spacial score (nSPS) is 10.6. The Hall–Kier alpha value is -1.59. The minimum absolute atomic E-state index is 0.234. The van der Waals surface area contributed by atoms with Gasteiger partial charge in [-0.25, -0.2) is 4.79 Å². The van der Waals surface area contributed by atoms with Gasteiger partial charge in [-0.15, -0.1) is 0 Å². The molecule has 0 bridgehead atoms. The number of nitrogens with one attached hydrogen (secondary N) is 1. The van der Waals surface area contributed by atoms with Crippen molar-refractivity contribution >= 4 is 17.3 Å². The molecular formula is C12H13NO3S. The maximum absolute atomic E-state index is 10.8. The van der Waals surface area contributed by atoms with Gasteiger partial charge in [0.1, 0.15) is 17.1 Å². The maximum atomic E-state index is 10.8. The summed E-state index contributed by atoms with van der Waals surface area (Å²) in [4.78, 5) is 10.8. The zero-order chi connectivity index (χ0) is 12.3. The van der Waals surface area contributed by atoms with E-state index < -0.39 is 5.97 Å². The number of hydrogen-bond donors (Lipinski definition) is 2. The van der Waals surface area contributed by atoms with Crippen molar-refractivity contribution in [1.29, 1.82) is 0 Å². The standard InChI is InChI=1S/C12H13NO3S/c1-8-11(12(14)15)4-10(16-8)6-13-5-9-2-3-17-7-9/h2-4,7,13H,5-6H2,1H3,(H,14,15). The molecule has 0 spiro atoms. The van der Waals surface area contributed by atoms with Crippen LogP contribution in [0.1, 0.15) is 27.4 Å². The molecule has 0 amide bonds. The number of furan rings is 1. The van der Waals surface area contributed by atoms with Crippen LogP contribution in [0.3, 0.4) is 0 Å². The highest BCUT2D eigenvalue weighted by Crippen LogP contribution is 2.14. The number of carboxylic acids is 1. The van der Waals surface area contributed by atoms with Gasteiger partial charge in [-0.05, 0) is 35.4 Å². The second-order valence-electron chi connectivity index (χ2n) is 3.72. The van der Waals surface area contributed by atoms with Crippen molar-refractivity contribution in [2.45, 2.75) is 20.0 Å². The third-order valence-corrected chi connectivity index (χ3v) is 3.14. The third-order valence-electron chi connectivity index (χ3n) is 2.41. The van der Waals surface area contributed by atoms with E-state index >= 15 is 0 Å². The summed E-state index contributed by atoms with van der Waals surface area (Å²) in [5.74, 6) is 0.148. The number of aromatic carboxylic acids is 1. The summed E-state index contributed by atoms with van der Waals surface area (Å²) in [7, 11) is 0. The first-order chi connectivity index (χ1) is 8.16. The molecule has 90 valence electrons. The van der Waals surface area contributed by atoms with Crippen LogP contribution in [-0.2, 0) is 13.1 Å². The fourth-order valence-electron chi connectivity index (χ4n) is 1.57. The minimum Gasteiger partial charge on any atom is -0.478 e. The Labute approximate surface area is 103 Å². The van der Waals surface area contributed by atoms with Crippen LogP contribution >= 0.6 is 11.3 Å². The average molecular weight is 251 g/mol. The number of hydrogen-bond acceptors (Lipinski definition) is 4. The van der Waals surface area contributed by atoms with Gasteiger partial charge in [-0.3, -0.25) is 0 Å². The van der Waals surface area contributed by atoms with E-state index in [-0.39, 0.29) is 5.56 Å². The highest BCUT2D eigenvalue weighted by atomic mass is 32.1. The van der Waals surface area contributed by atoms with Gasteiger partial charge in [0.25, 0.3) is 0 Å². The van der Waals surface area contributed by atoms with Crippen molar-refractivity contribution in [3.63, 3.8) is 0 Å². The van der Waals surface area contributed by atoms with Crippen LogP contribution in [0, 0.1) is 6.92 Å². The van der Waals surface area contributed by atoms with Crippen LogP contribution < -0.4 is 5.32 Å². The molecular weight excluding hydrogens is 238 g/mol. The first-order valence-electron chi connectivity index (χ1n) is 5.21. The maximum Gasteiger partial charge on any atom is 0.339 e. The summed E-state index contributed by atoms with van der Waals surface area (Å²) in [5, 5.41) is 16.2. The Kier molecular flexibility index (Phi) is 3.61. The molecule has 2 rings (SSSR count). The highest BCUT2D eigenvalue weighted by molar-refractivity contribution is 7.07. The van der Waals surface area contributed by atoms with Gasteiger partial charge in [0.15, 0.2) is 0 Å². The fraction of sp³-hybridized carbons (Fsp3) is 0.250. The lowest BCUT2D eigenvalue weighted by atomic mass is 10.2. The number of carbonyl (C=O) groups is 1. The van der Waals surface area contributed by atoms with Crippen LogP contribution in [-0.4, -0.2) is 11.1 Å². The lowest BCUT2D eigenvalue weighted by Crippen LogP contribution is -2.11. The summed E-state index contributed by atoms with van der Waals surface area (Å²) in [6, 6.07) is 3.62. The Morgan fingerprint density at radius 1 is 1.53 bits per heavy atom. The smallest absolute Gasteiger partial charge is 0.339 e. The van der Waals surface area contributed by atoms with E-state index in [1.54, 1.807) is 24.3 Å². The molecule has 4 nitrogen and oxygen atoms in total. The van der Waals surface area contributed by atoms with Crippen LogP contribution in [0.25, 0.3) is 0 Å². The topological polar surface area (TPSA) is 62.5 Å². The predicted octanol–water partition coefficient (Wildman–Crippen LogP) is 2.64. The first-order valence-corrected chi connectivity index (χ1v) is 6.15. The van der Waals surface area contributed by atoms with E-state index in [4.69, 9.17) is 9.52 Å². The molecule has 17 heavy (non-hydrogen) atoms. The van der Waals surface area contributed by atoms with E-state index in [2.05, 4.69) is 10.7 Å². The van der Waals surface area contributed by atoms with E-state index in [9.17, 15) is 4.79 Å². The largest absolute Gasteiger partial charge is 0.478 e. The zero-order valence-electron chi connectivity index (χ0n) is 9.40. The Morgan fingerprint density at radius 3 is 2.94 bits per heavy atom. The Balaban J connectivity index is 1.91. The first kappa shape index (κ1) is 11.9. The zero-order valence-corrected chi connectivity index (χ0v) is 10.2. The third kappa shape index (κ3) is 2.95. The van der Waals surface area contributed by atoms with Crippen molar-refractivity contribution in [3.05, 3.63) is 45.5 Å². The quantitative estimate of drug-likeness (QED) is 0.857. The van der Waals surface area contributed by atoms with Gasteiger partial charge in [-0.1, -0.05) is 0 Å².